The molecule has 0 radical (unpaired) electrons. The van der Waals surface area contributed by atoms with Crippen LogP contribution in [-0.4, -0.2) is 33.0 Å². The summed E-state index contributed by atoms with van der Waals surface area (Å²) in [5.74, 6) is -2.50. The zero-order chi connectivity index (χ0) is 10.0. The van der Waals surface area contributed by atoms with Crippen molar-refractivity contribution in [2.24, 2.45) is 0 Å². The molecule has 0 fully saturated rings. The number of aliphatic hydroxyl groups is 4. The van der Waals surface area contributed by atoms with Gasteiger partial charge in [-0.2, -0.15) is 0 Å². The second-order valence-electron chi connectivity index (χ2n) is 2.76. The van der Waals surface area contributed by atoms with Gasteiger partial charge in [0, 0.05) is 13.5 Å². The van der Waals surface area contributed by atoms with Crippen LogP contribution in [0.5, 0.6) is 0 Å². The third-order valence-corrected chi connectivity index (χ3v) is 1.01. The summed E-state index contributed by atoms with van der Waals surface area (Å²) in [6, 6.07) is 0. The van der Waals surface area contributed by atoms with Crippen molar-refractivity contribution < 1.29 is 20.4 Å². The fourth-order valence-corrected chi connectivity index (χ4v) is 0.539. The van der Waals surface area contributed by atoms with E-state index in [-0.39, 0.29) is 0 Å². The third-order valence-electron chi connectivity index (χ3n) is 1.01. The van der Waals surface area contributed by atoms with Crippen LogP contribution in [-0.2, 0) is 0 Å². The summed E-state index contributed by atoms with van der Waals surface area (Å²) >= 11 is 0. The largest absolute Gasteiger partial charge is 0.396 e. The molecule has 0 aliphatic carbocycles. The quantitative estimate of drug-likeness (QED) is 0.368. The van der Waals surface area contributed by atoms with Crippen LogP contribution in [0.1, 0.15) is 39.5 Å². The Morgan fingerprint density at radius 3 is 1.67 bits per heavy atom. The minimum absolute atomic E-state index is 0.361. The molecule has 0 unspecified atom stereocenters. The van der Waals surface area contributed by atoms with Gasteiger partial charge in [-0.15, -0.1) is 0 Å². The molecule has 0 aliphatic heterocycles. The minimum Gasteiger partial charge on any atom is -0.396 e. The first-order valence-electron chi connectivity index (χ1n) is 4.19. The molecule has 0 rings (SSSR count). The predicted molar refractivity (Wildman–Crippen MR) is 46.3 cm³/mol. The van der Waals surface area contributed by atoms with Crippen LogP contribution in [0.4, 0.5) is 0 Å². The zero-order valence-corrected chi connectivity index (χ0v) is 7.82. The van der Waals surface area contributed by atoms with Crippen molar-refractivity contribution in [3.05, 3.63) is 0 Å². The summed E-state index contributed by atoms with van der Waals surface area (Å²) in [4.78, 5) is 0. The lowest BCUT2D eigenvalue weighted by Crippen LogP contribution is -2.20. The molecule has 0 aliphatic rings. The van der Waals surface area contributed by atoms with Crippen molar-refractivity contribution in [2.45, 2.75) is 45.5 Å². The van der Waals surface area contributed by atoms with Gasteiger partial charge in [-0.25, -0.2) is 0 Å². The monoisotopic (exact) mass is 180 g/mol. The highest BCUT2D eigenvalue weighted by molar-refractivity contribution is 4.35. The van der Waals surface area contributed by atoms with Gasteiger partial charge in [0.25, 0.3) is 5.97 Å². The second-order valence-corrected chi connectivity index (χ2v) is 2.76. The molecule has 4 nitrogen and oxygen atoms in total. The number of hydrogen-bond donors (Lipinski definition) is 4. The molecule has 0 saturated heterocycles. The normalized spacial score (nSPS) is 10.5. The van der Waals surface area contributed by atoms with Gasteiger partial charge in [-0.05, 0) is 6.42 Å². The van der Waals surface area contributed by atoms with Crippen LogP contribution in [0, 0.1) is 0 Å². The van der Waals surface area contributed by atoms with E-state index in [0.717, 1.165) is 13.3 Å². The summed E-state index contributed by atoms with van der Waals surface area (Å²) in [5.41, 5.74) is 0. The first-order valence-corrected chi connectivity index (χ1v) is 4.19. The van der Waals surface area contributed by atoms with Gasteiger partial charge in [0.05, 0.1) is 0 Å². The van der Waals surface area contributed by atoms with Crippen LogP contribution in [0.2, 0.25) is 0 Å². The van der Waals surface area contributed by atoms with Gasteiger partial charge >= 0.3 is 0 Å². The van der Waals surface area contributed by atoms with Gasteiger partial charge in [0.15, 0.2) is 0 Å². The molecule has 0 aromatic heterocycles. The first-order chi connectivity index (χ1) is 5.41. The van der Waals surface area contributed by atoms with Crippen molar-refractivity contribution in [3.63, 3.8) is 0 Å². The van der Waals surface area contributed by atoms with Crippen molar-refractivity contribution in [1.82, 2.24) is 0 Å². The maximum Gasteiger partial charge on any atom is 0.272 e. The van der Waals surface area contributed by atoms with Crippen LogP contribution in [0.25, 0.3) is 0 Å². The average Bonchev–Trinajstić information content (AvgIpc) is 1.85. The van der Waals surface area contributed by atoms with Crippen molar-refractivity contribution in [1.29, 1.82) is 0 Å². The Bertz CT molecular complexity index is 67.6. The Hall–Kier alpha value is -0.160. The van der Waals surface area contributed by atoms with Crippen LogP contribution >= 0.6 is 0 Å². The Balaban J connectivity index is 0. The van der Waals surface area contributed by atoms with Crippen molar-refractivity contribution in [3.8, 4) is 0 Å². The SMILES string of the molecule is CC(O)(O)O.CCCCCCO. The summed E-state index contributed by atoms with van der Waals surface area (Å²) in [6.07, 6.45) is 4.68. The van der Waals surface area contributed by atoms with Gasteiger partial charge < -0.3 is 20.4 Å². The molecule has 0 amide bonds. The molecule has 76 valence electrons. The highest BCUT2D eigenvalue weighted by atomic mass is 16.7. The fraction of sp³-hybridized carbons (Fsp3) is 1.00. The molecule has 0 spiro atoms. The van der Waals surface area contributed by atoms with Gasteiger partial charge in [-0.1, -0.05) is 26.2 Å². The van der Waals surface area contributed by atoms with Crippen molar-refractivity contribution in [2.75, 3.05) is 6.61 Å². The van der Waals surface area contributed by atoms with Gasteiger partial charge in [-0.3, -0.25) is 0 Å². The zero-order valence-electron chi connectivity index (χ0n) is 7.82. The Morgan fingerprint density at radius 2 is 1.42 bits per heavy atom. The maximum atomic E-state index is 8.29. The maximum absolute atomic E-state index is 8.29. The molecular weight excluding hydrogens is 160 g/mol. The van der Waals surface area contributed by atoms with Crippen LogP contribution < -0.4 is 0 Å². The lowest BCUT2D eigenvalue weighted by Gasteiger charge is -2.01. The van der Waals surface area contributed by atoms with Gasteiger partial charge in [0.1, 0.15) is 0 Å². The molecular formula is C8H20O4. The van der Waals surface area contributed by atoms with E-state index < -0.39 is 5.97 Å². The van der Waals surface area contributed by atoms with E-state index in [1.807, 2.05) is 0 Å². The molecule has 0 bridgehead atoms. The lowest BCUT2D eigenvalue weighted by atomic mass is 10.2. The number of hydrogen-bond acceptors (Lipinski definition) is 4. The highest BCUT2D eigenvalue weighted by Gasteiger charge is 2.03. The number of aliphatic hydroxyl groups excluding tert-OH is 1. The Labute approximate surface area is 73.5 Å². The Kier molecular flexibility index (Phi) is 10.7. The van der Waals surface area contributed by atoms with E-state index in [2.05, 4.69) is 6.92 Å². The predicted octanol–water partition coefficient (Wildman–Crippen LogP) is 0.196. The molecule has 4 N–H and O–H groups in total. The molecule has 0 atom stereocenters. The smallest absolute Gasteiger partial charge is 0.272 e. The summed E-state index contributed by atoms with van der Waals surface area (Å²) in [7, 11) is 0. The van der Waals surface area contributed by atoms with Crippen LogP contribution in [0.3, 0.4) is 0 Å². The Morgan fingerprint density at radius 1 is 1.00 bits per heavy atom. The van der Waals surface area contributed by atoms with E-state index in [1.165, 1.54) is 19.3 Å². The molecule has 0 aromatic rings. The van der Waals surface area contributed by atoms with Crippen molar-refractivity contribution >= 4 is 0 Å². The molecule has 4 heteroatoms. The number of rotatable bonds is 4. The van der Waals surface area contributed by atoms with E-state index in [1.54, 1.807) is 0 Å². The standard InChI is InChI=1S/C6H14O.C2H6O3/c1-2-3-4-5-6-7;1-2(3,4)5/h7H,2-6H2,1H3;3-5H,1H3. The fourth-order valence-electron chi connectivity index (χ4n) is 0.539. The molecule has 0 saturated carbocycles. The molecule has 0 aromatic carbocycles. The molecule has 0 heterocycles. The van der Waals surface area contributed by atoms with E-state index in [9.17, 15) is 0 Å². The minimum atomic E-state index is -2.50. The lowest BCUT2D eigenvalue weighted by molar-refractivity contribution is -0.297. The van der Waals surface area contributed by atoms with Crippen LogP contribution in [0.15, 0.2) is 0 Å². The van der Waals surface area contributed by atoms with E-state index >= 15 is 0 Å². The van der Waals surface area contributed by atoms with E-state index in [0.29, 0.717) is 6.61 Å². The van der Waals surface area contributed by atoms with Gasteiger partial charge in [0.2, 0.25) is 0 Å². The average molecular weight is 180 g/mol. The summed E-state index contributed by atoms with van der Waals surface area (Å²) in [6.45, 7) is 3.38. The second kappa shape index (κ2) is 8.93. The number of unbranched alkanes of at least 4 members (excludes halogenated alkanes) is 3. The first kappa shape index (κ1) is 14.4. The third kappa shape index (κ3) is 52.1. The highest BCUT2D eigenvalue weighted by Crippen LogP contribution is 1.96. The topological polar surface area (TPSA) is 80.9 Å². The summed E-state index contributed by atoms with van der Waals surface area (Å²) < 4.78 is 0. The summed E-state index contributed by atoms with van der Waals surface area (Å²) in [5, 5.41) is 31.2. The molecule has 12 heavy (non-hydrogen) atoms. The van der Waals surface area contributed by atoms with E-state index in [4.69, 9.17) is 20.4 Å².